The Morgan fingerprint density at radius 2 is 1.78 bits per heavy atom. The van der Waals surface area contributed by atoms with Crippen molar-refractivity contribution in [1.29, 1.82) is 0 Å². The molecule has 1 amide bonds. The summed E-state index contributed by atoms with van der Waals surface area (Å²) in [5, 5.41) is 2.17. The average Bonchev–Trinajstić information content (AvgIpc) is 3.17. The van der Waals surface area contributed by atoms with Gasteiger partial charge in [0.2, 0.25) is 5.43 Å². The van der Waals surface area contributed by atoms with E-state index in [0.717, 1.165) is 28.2 Å². The van der Waals surface area contributed by atoms with Crippen molar-refractivity contribution < 1.29 is 14.3 Å². The fraction of sp³-hybridized carbons (Fsp3) is 0.212. The molecule has 0 fully saturated rings. The van der Waals surface area contributed by atoms with E-state index in [2.05, 4.69) is 35.3 Å². The lowest BCUT2D eigenvalue weighted by molar-refractivity contribution is 0.0679. The average molecular weight is 564 g/mol. The molecule has 206 valence electrons. The number of pyridine rings is 1. The Morgan fingerprint density at radius 1 is 0.927 bits per heavy atom. The molecular weight excluding hydrogens is 534 g/mol. The van der Waals surface area contributed by atoms with E-state index in [-0.39, 0.29) is 35.4 Å². The first-order valence-corrected chi connectivity index (χ1v) is 14.8. The summed E-state index contributed by atoms with van der Waals surface area (Å²) in [5.41, 5.74) is 4.24. The van der Waals surface area contributed by atoms with Crippen LogP contribution in [-0.4, -0.2) is 35.3 Å². The van der Waals surface area contributed by atoms with Crippen LogP contribution in [0.5, 0.6) is 11.5 Å². The molecule has 1 aromatic heterocycles. The third kappa shape index (κ3) is 4.68. The van der Waals surface area contributed by atoms with Crippen LogP contribution in [0.1, 0.15) is 45.2 Å². The quantitative estimate of drug-likeness (QED) is 0.306. The molecule has 0 radical (unpaired) electrons. The zero-order valence-corrected chi connectivity index (χ0v) is 23.3. The number of carbonyl (C=O) groups excluding carboxylic acids is 1. The van der Waals surface area contributed by atoms with Gasteiger partial charge < -0.3 is 14.4 Å². The minimum Gasteiger partial charge on any atom is -0.489 e. The number of benzene rings is 3. The van der Waals surface area contributed by atoms with Crippen LogP contribution in [0.3, 0.4) is 0 Å². The molecular formula is C33H29N3O4S. The maximum atomic E-state index is 14.1. The second-order valence-corrected chi connectivity index (χ2v) is 11.3. The summed E-state index contributed by atoms with van der Waals surface area (Å²) in [5.74, 6) is 1.48. The summed E-state index contributed by atoms with van der Waals surface area (Å²) in [6, 6.07) is 25.5. The van der Waals surface area contributed by atoms with Crippen molar-refractivity contribution in [2.24, 2.45) is 0 Å². The first-order chi connectivity index (χ1) is 20.2. The van der Waals surface area contributed by atoms with Crippen LogP contribution in [-0.2, 0) is 12.4 Å². The Bertz CT molecular complexity index is 1700. The number of thioether (sulfide) groups is 1. The van der Waals surface area contributed by atoms with Gasteiger partial charge in [0.25, 0.3) is 5.91 Å². The topological polar surface area (TPSA) is 64.0 Å². The molecule has 0 spiro atoms. The smallest absolute Gasteiger partial charge is 0.277 e. The van der Waals surface area contributed by atoms with E-state index in [4.69, 9.17) is 9.47 Å². The largest absolute Gasteiger partial charge is 0.489 e. The highest BCUT2D eigenvalue weighted by molar-refractivity contribution is 7.98. The third-order valence-electron chi connectivity index (χ3n) is 7.74. The van der Waals surface area contributed by atoms with Gasteiger partial charge in [0.05, 0.1) is 0 Å². The van der Waals surface area contributed by atoms with Gasteiger partial charge in [-0.25, -0.2) is 0 Å². The molecule has 0 saturated heterocycles. The van der Waals surface area contributed by atoms with Gasteiger partial charge in [0, 0.05) is 35.0 Å². The monoisotopic (exact) mass is 563 g/mol. The molecule has 7 rings (SSSR count). The molecule has 2 bridgehead atoms. The number of nitrogens with zero attached hydrogens (tertiary/aromatic N) is 3. The van der Waals surface area contributed by atoms with Crippen molar-refractivity contribution in [3.05, 3.63) is 135 Å². The predicted molar refractivity (Wildman–Crippen MR) is 159 cm³/mol. The van der Waals surface area contributed by atoms with Gasteiger partial charge in [0.1, 0.15) is 31.7 Å². The first-order valence-electron chi connectivity index (χ1n) is 13.8. The number of amides is 1. The van der Waals surface area contributed by atoms with Gasteiger partial charge in [-0.3, -0.25) is 19.3 Å². The Hall–Kier alpha value is -4.43. The van der Waals surface area contributed by atoms with Crippen LogP contribution < -0.4 is 19.9 Å². The lowest BCUT2D eigenvalue weighted by Gasteiger charge is -2.44. The van der Waals surface area contributed by atoms with E-state index in [1.807, 2.05) is 64.2 Å². The van der Waals surface area contributed by atoms with E-state index in [1.165, 1.54) is 16.5 Å². The minimum atomic E-state index is -0.315. The minimum absolute atomic E-state index is 0.0692. The molecule has 4 heterocycles. The Morgan fingerprint density at radius 3 is 2.68 bits per heavy atom. The van der Waals surface area contributed by atoms with Crippen LogP contribution in [0, 0.1) is 0 Å². The second-order valence-electron chi connectivity index (χ2n) is 10.3. The van der Waals surface area contributed by atoms with Crippen molar-refractivity contribution in [2.45, 2.75) is 29.7 Å². The van der Waals surface area contributed by atoms with E-state index in [9.17, 15) is 9.59 Å². The lowest BCUT2D eigenvalue weighted by Crippen LogP contribution is -2.56. The summed E-state index contributed by atoms with van der Waals surface area (Å²) in [6.45, 7) is 1.49. The van der Waals surface area contributed by atoms with Crippen molar-refractivity contribution in [2.75, 3.05) is 24.8 Å². The van der Waals surface area contributed by atoms with E-state index < -0.39 is 0 Å². The summed E-state index contributed by atoms with van der Waals surface area (Å²) >= 11 is 1.80. The van der Waals surface area contributed by atoms with Crippen molar-refractivity contribution in [1.82, 2.24) is 9.58 Å². The molecule has 41 heavy (non-hydrogen) atoms. The van der Waals surface area contributed by atoms with Gasteiger partial charge in [0.15, 0.2) is 11.4 Å². The summed E-state index contributed by atoms with van der Waals surface area (Å²) in [6.07, 6.45) is 6.43. The maximum Gasteiger partial charge on any atom is 0.277 e. The van der Waals surface area contributed by atoms with Gasteiger partial charge in [-0.05, 0) is 35.2 Å². The van der Waals surface area contributed by atoms with Gasteiger partial charge in [-0.15, -0.1) is 11.8 Å². The number of ether oxygens (including phenoxy) is 2. The molecule has 3 aliphatic heterocycles. The van der Waals surface area contributed by atoms with Crippen molar-refractivity contribution in [3.8, 4) is 11.5 Å². The van der Waals surface area contributed by atoms with Crippen molar-refractivity contribution >= 4 is 17.7 Å². The van der Waals surface area contributed by atoms with E-state index in [1.54, 1.807) is 18.0 Å². The molecule has 0 aliphatic carbocycles. The molecule has 0 saturated carbocycles. The Labute approximate surface area is 242 Å². The highest BCUT2D eigenvalue weighted by Gasteiger charge is 2.40. The van der Waals surface area contributed by atoms with E-state index >= 15 is 0 Å². The molecule has 1 unspecified atom stereocenters. The number of carbonyl (C=O) groups is 1. The molecule has 8 heteroatoms. The third-order valence-corrected chi connectivity index (χ3v) is 8.87. The number of rotatable bonds is 3. The first kappa shape index (κ1) is 25.5. The number of aromatic nitrogens is 1. The van der Waals surface area contributed by atoms with Crippen LogP contribution in [0.2, 0.25) is 0 Å². The van der Waals surface area contributed by atoms with Crippen LogP contribution in [0.15, 0.2) is 107 Å². The van der Waals surface area contributed by atoms with Gasteiger partial charge in [-0.1, -0.05) is 72.8 Å². The fourth-order valence-electron chi connectivity index (χ4n) is 5.79. The standard InChI is InChI=1S/C33H29N3O4S/c37-26-16-18-35-31(32(26)40-20-23-10-3-1-4-11-23)33(38)34-17-7-2-8-19-39-27-14-9-12-24-21-41-28-15-6-5-13-25(28)30(29(24)27)36(35)22-34/h1-6,8-16,18,30H,7,17,19-22H2/b8-2-. The highest BCUT2D eigenvalue weighted by Crippen LogP contribution is 2.46. The van der Waals surface area contributed by atoms with Crippen LogP contribution in [0.25, 0.3) is 0 Å². The number of hydrogen-bond acceptors (Lipinski definition) is 6. The SMILES string of the molecule is O=C1c2c(OCc3ccccc3)c(=O)ccn2N2CN1CC/C=C\COc1cccc3c1C2c1ccccc1SC3. The second kappa shape index (κ2) is 10.9. The van der Waals surface area contributed by atoms with Gasteiger partial charge in [-0.2, -0.15) is 0 Å². The van der Waals surface area contributed by atoms with Crippen LogP contribution >= 0.6 is 11.8 Å². The molecule has 1 atom stereocenters. The summed E-state index contributed by atoms with van der Waals surface area (Å²) in [7, 11) is 0. The highest BCUT2D eigenvalue weighted by atomic mass is 32.2. The molecule has 3 aliphatic rings. The predicted octanol–water partition coefficient (Wildman–Crippen LogP) is 5.51. The zero-order chi connectivity index (χ0) is 27.8. The molecule has 4 aromatic rings. The molecule has 3 aromatic carbocycles. The Kier molecular flexibility index (Phi) is 6.76. The Balaban J connectivity index is 1.45. The summed E-state index contributed by atoms with van der Waals surface area (Å²) < 4.78 is 14.4. The zero-order valence-electron chi connectivity index (χ0n) is 22.4. The molecule has 7 nitrogen and oxygen atoms in total. The number of hydrogen-bond donors (Lipinski definition) is 0. The summed E-state index contributed by atoms with van der Waals surface area (Å²) in [4.78, 5) is 30.3. The fourth-order valence-corrected chi connectivity index (χ4v) is 6.87. The normalized spacial score (nSPS) is 18.4. The van der Waals surface area contributed by atoms with Gasteiger partial charge >= 0.3 is 0 Å². The van der Waals surface area contributed by atoms with Crippen LogP contribution in [0.4, 0.5) is 0 Å². The van der Waals surface area contributed by atoms with E-state index in [0.29, 0.717) is 26.2 Å². The molecule has 0 N–H and O–H groups in total. The maximum absolute atomic E-state index is 14.1. The lowest BCUT2D eigenvalue weighted by atomic mass is 9.93. The van der Waals surface area contributed by atoms with Crippen molar-refractivity contribution in [3.63, 3.8) is 0 Å². The number of fused-ring (bicyclic) bond motifs is 7.